The van der Waals surface area contributed by atoms with Gasteiger partial charge in [-0.2, -0.15) is 16.8 Å². The van der Waals surface area contributed by atoms with Crippen molar-refractivity contribution in [2.75, 3.05) is 0 Å². The van der Waals surface area contributed by atoms with Gasteiger partial charge in [0.15, 0.2) is 0 Å². The molecule has 16 nitrogen and oxygen atoms in total. The fourth-order valence-electron chi connectivity index (χ4n) is 4.93. The lowest BCUT2D eigenvalue weighted by Gasteiger charge is -2.29. The predicted octanol–water partition coefficient (Wildman–Crippen LogP) is 0.257. The van der Waals surface area contributed by atoms with Gasteiger partial charge in [0.05, 0.1) is 22.9 Å². The lowest BCUT2D eigenvalue weighted by Crippen LogP contribution is -2.45. The normalized spacial score (nSPS) is 15.0. The standard InChI is InChI=1S/C29H26N4O12S2/c1-14-20(26(36)32(28(38)22(14)24(30)34)12-16-3-7-18(8-4-16)46(40,41)42)11-21-15(2)23(25(31)35)29(39)33(27(21)37)13-17-5-9-19(10-6-17)47(43,44)45/h3-11,38H,12-13H2,1-2H3,(H2,30,34)(H2,31,35)(H,40,41,42)(H,43,44,45). The molecular formula is C29H26N4O12S2. The number of aromatic hydroxyl groups is 1. The van der Waals surface area contributed by atoms with Crippen LogP contribution in [0.2, 0.25) is 0 Å². The van der Waals surface area contributed by atoms with Gasteiger partial charge in [0.2, 0.25) is 5.88 Å². The van der Waals surface area contributed by atoms with Crippen molar-refractivity contribution >= 4 is 49.9 Å². The number of primary amides is 2. The Morgan fingerprint density at radius 3 is 1.66 bits per heavy atom. The number of imide groups is 1. The van der Waals surface area contributed by atoms with E-state index in [4.69, 9.17) is 11.5 Å². The number of carbonyl (C=O) groups excluding carboxylic acids is 4. The molecule has 18 heteroatoms. The Balaban J connectivity index is 1.89. The highest BCUT2D eigenvalue weighted by Gasteiger charge is 2.38. The molecule has 7 N–H and O–H groups in total. The molecule has 3 aromatic rings. The van der Waals surface area contributed by atoms with Gasteiger partial charge in [-0.25, -0.2) is 0 Å². The maximum absolute atomic E-state index is 13.8. The third kappa shape index (κ3) is 6.75. The zero-order valence-corrected chi connectivity index (χ0v) is 26.1. The predicted molar refractivity (Wildman–Crippen MR) is 163 cm³/mol. The summed E-state index contributed by atoms with van der Waals surface area (Å²) in [5.41, 5.74) is 8.30. The summed E-state index contributed by atoms with van der Waals surface area (Å²) >= 11 is 0. The highest BCUT2D eigenvalue weighted by atomic mass is 32.2. The third-order valence-corrected chi connectivity index (χ3v) is 9.09. The largest absolute Gasteiger partial charge is 0.494 e. The number of hydrogen-bond acceptors (Lipinski definition) is 10. The molecule has 1 aliphatic rings. The molecule has 2 aromatic carbocycles. The molecule has 1 aromatic heterocycles. The number of aromatic nitrogens is 1. The maximum atomic E-state index is 13.8. The average molecular weight is 687 g/mol. The van der Waals surface area contributed by atoms with Crippen LogP contribution in [-0.2, 0) is 47.7 Å². The molecule has 0 atom stereocenters. The Morgan fingerprint density at radius 1 is 0.766 bits per heavy atom. The molecule has 0 saturated carbocycles. The Hall–Kier alpha value is -5.43. The van der Waals surface area contributed by atoms with Gasteiger partial charge in [-0.15, -0.1) is 0 Å². The zero-order valence-electron chi connectivity index (χ0n) is 24.5. The molecule has 0 aliphatic carbocycles. The van der Waals surface area contributed by atoms with Crippen LogP contribution < -0.4 is 17.0 Å². The second kappa shape index (κ2) is 12.4. The molecule has 4 rings (SSSR count). The van der Waals surface area contributed by atoms with Crippen molar-refractivity contribution < 1.29 is 50.2 Å². The number of pyridine rings is 1. The summed E-state index contributed by atoms with van der Waals surface area (Å²) in [6, 6.07) is 9.04. The van der Waals surface area contributed by atoms with Gasteiger partial charge < -0.3 is 16.6 Å². The number of amides is 4. The summed E-state index contributed by atoms with van der Waals surface area (Å²) in [5, 5.41) is 10.9. The highest BCUT2D eigenvalue weighted by molar-refractivity contribution is 7.86. The summed E-state index contributed by atoms with van der Waals surface area (Å²) in [5.74, 6) is -5.28. The van der Waals surface area contributed by atoms with E-state index in [0.29, 0.717) is 4.90 Å². The van der Waals surface area contributed by atoms with Crippen LogP contribution in [0, 0.1) is 6.92 Å². The van der Waals surface area contributed by atoms with Crippen molar-refractivity contribution in [3.05, 3.63) is 103 Å². The van der Waals surface area contributed by atoms with Gasteiger partial charge in [-0.1, -0.05) is 24.3 Å². The Labute approximate surface area is 266 Å². The minimum absolute atomic E-state index is 0.157. The third-order valence-electron chi connectivity index (χ3n) is 7.35. The molecule has 246 valence electrons. The van der Waals surface area contributed by atoms with E-state index >= 15 is 0 Å². The van der Waals surface area contributed by atoms with Crippen molar-refractivity contribution in [2.24, 2.45) is 11.5 Å². The molecule has 0 fully saturated rings. The number of nitrogens with zero attached hydrogens (tertiary/aromatic N) is 2. The molecule has 0 unspecified atom stereocenters. The second-order valence-corrected chi connectivity index (χ2v) is 13.2. The van der Waals surface area contributed by atoms with E-state index in [-0.39, 0.29) is 33.4 Å². The smallest absolute Gasteiger partial charge is 0.294 e. The SMILES string of the molecule is CC1=C(C(N)=O)C(=O)N(Cc2ccc(S(=O)(=O)O)cc2)C(=O)C1=Cc1c(C)c(C(N)=O)c(O)n(Cc2ccc(S(=O)(=O)O)cc2)c1=O. The molecule has 0 radical (unpaired) electrons. The van der Waals surface area contributed by atoms with Crippen LogP contribution in [0.25, 0.3) is 6.08 Å². The summed E-state index contributed by atoms with van der Waals surface area (Å²) in [6.07, 6.45) is 1.00. The second-order valence-electron chi connectivity index (χ2n) is 10.3. The number of nitrogens with two attached hydrogens (primary N) is 2. The minimum atomic E-state index is -4.54. The molecule has 47 heavy (non-hydrogen) atoms. The quantitative estimate of drug-likeness (QED) is 0.0877. The van der Waals surface area contributed by atoms with Crippen LogP contribution >= 0.6 is 0 Å². The fourth-order valence-corrected chi connectivity index (χ4v) is 5.89. The summed E-state index contributed by atoms with van der Waals surface area (Å²) in [7, 11) is -9.07. The van der Waals surface area contributed by atoms with Gasteiger partial charge in [0.25, 0.3) is 49.4 Å². The Kier molecular flexibility index (Phi) is 9.09. The lowest BCUT2D eigenvalue weighted by atomic mass is 9.91. The fraction of sp³-hybridized carbons (Fsp3) is 0.138. The lowest BCUT2D eigenvalue weighted by molar-refractivity contribution is -0.142. The Morgan fingerprint density at radius 2 is 1.23 bits per heavy atom. The molecular weight excluding hydrogens is 660 g/mol. The van der Waals surface area contributed by atoms with E-state index in [9.17, 15) is 55.0 Å². The molecule has 1 aliphatic heterocycles. The summed E-state index contributed by atoms with van der Waals surface area (Å²) in [6.45, 7) is 1.57. The van der Waals surface area contributed by atoms with Crippen LogP contribution in [0.4, 0.5) is 0 Å². The Bertz CT molecular complexity index is 2220. The first-order chi connectivity index (χ1) is 21.7. The van der Waals surface area contributed by atoms with E-state index in [1.165, 1.54) is 38.1 Å². The first kappa shape index (κ1) is 34.4. The van der Waals surface area contributed by atoms with Crippen LogP contribution in [0.15, 0.2) is 79.8 Å². The van der Waals surface area contributed by atoms with E-state index in [0.717, 1.165) is 34.9 Å². The van der Waals surface area contributed by atoms with Crippen molar-refractivity contribution in [1.82, 2.24) is 9.47 Å². The van der Waals surface area contributed by atoms with Crippen molar-refractivity contribution in [3.63, 3.8) is 0 Å². The van der Waals surface area contributed by atoms with Gasteiger partial charge in [-0.05, 0) is 66.5 Å². The van der Waals surface area contributed by atoms with Crippen LogP contribution in [0.1, 0.15) is 39.5 Å². The number of hydrogen-bond donors (Lipinski definition) is 5. The number of rotatable bonds is 9. The average Bonchev–Trinajstić information content (AvgIpc) is 2.96. The van der Waals surface area contributed by atoms with Crippen LogP contribution in [0.5, 0.6) is 5.88 Å². The number of benzene rings is 2. The van der Waals surface area contributed by atoms with Crippen molar-refractivity contribution in [3.8, 4) is 5.88 Å². The first-order valence-electron chi connectivity index (χ1n) is 13.2. The maximum Gasteiger partial charge on any atom is 0.294 e. The van der Waals surface area contributed by atoms with E-state index in [1.807, 2.05) is 0 Å². The highest BCUT2D eigenvalue weighted by Crippen LogP contribution is 2.30. The van der Waals surface area contributed by atoms with E-state index in [1.54, 1.807) is 0 Å². The zero-order chi connectivity index (χ0) is 35.2. The molecule has 0 bridgehead atoms. The first-order valence-corrected chi connectivity index (χ1v) is 16.1. The van der Waals surface area contributed by atoms with Gasteiger partial charge in [-0.3, -0.25) is 42.5 Å². The van der Waals surface area contributed by atoms with Crippen LogP contribution in [0.3, 0.4) is 0 Å². The van der Waals surface area contributed by atoms with Gasteiger partial charge in [0, 0.05) is 11.1 Å². The van der Waals surface area contributed by atoms with Crippen molar-refractivity contribution in [1.29, 1.82) is 0 Å². The van der Waals surface area contributed by atoms with Crippen LogP contribution in [-0.4, -0.2) is 64.1 Å². The summed E-state index contributed by atoms with van der Waals surface area (Å²) < 4.78 is 64.8. The monoisotopic (exact) mass is 686 g/mol. The van der Waals surface area contributed by atoms with E-state index in [2.05, 4.69) is 0 Å². The molecule has 2 heterocycles. The van der Waals surface area contributed by atoms with Gasteiger partial charge >= 0.3 is 0 Å². The van der Waals surface area contributed by atoms with Crippen molar-refractivity contribution in [2.45, 2.75) is 36.7 Å². The molecule has 0 spiro atoms. The number of carbonyl (C=O) groups is 4. The minimum Gasteiger partial charge on any atom is -0.494 e. The van der Waals surface area contributed by atoms with E-state index < -0.39 is 89.3 Å². The molecule has 0 saturated heterocycles. The molecule has 4 amide bonds. The summed E-state index contributed by atoms with van der Waals surface area (Å²) in [4.78, 5) is 65.3. The topological polar surface area (TPSA) is 275 Å². The van der Waals surface area contributed by atoms with Gasteiger partial charge in [0.1, 0.15) is 11.1 Å².